The van der Waals surface area contributed by atoms with E-state index in [4.69, 9.17) is 9.05 Å². The maximum atomic E-state index is 10.8. The zero-order valence-corrected chi connectivity index (χ0v) is 16.2. The van der Waals surface area contributed by atoms with Gasteiger partial charge in [-0.25, -0.2) is 0 Å². The molecule has 0 aliphatic carbocycles. The molecule has 0 aliphatic rings. The molecule has 0 radical (unpaired) electrons. The molecule has 1 N–H and O–H groups in total. The van der Waals surface area contributed by atoms with Crippen molar-refractivity contribution in [1.82, 2.24) is 0 Å². The summed E-state index contributed by atoms with van der Waals surface area (Å²) < 4.78 is 11.6. The molecule has 0 bridgehead atoms. The first-order valence-corrected chi connectivity index (χ1v) is 9.14. The van der Waals surface area contributed by atoms with Crippen molar-refractivity contribution in [3.8, 4) is 5.75 Å². The van der Waals surface area contributed by atoms with E-state index in [9.17, 15) is 5.11 Å². The van der Waals surface area contributed by atoms with Crippen LogP contribution in [0.2, 0.25) is 0 Å². The van der Waals surface area contributed by atoms with Crippen LogP contribution in [0.5, 0.6) is 5.75 Å². The zero-order valence-electron chi connectivity index (χ0n) is 15.3. The van der Waals surface area contributed by atoms with Gasteiger partial charge in [0, 0.05) is 16.4 Å². The van der Waals surface area contributed by atoms with E-state index in [0.717, 1.165) is 16.4 Å². The molecular weight excluding hydrogens is 295 g/mol. The maximum absolute atomic E-state index is 10.8. The van der Waals surface area contributed by atoms with Crippen LogP contribution in [0.15, 0.2) is 12.1 Å². The smallest absolute Gasteiger partial charge is 0.205 e. The summed E-state index contributed by atoms with van der Waals surface area (Å²) >= 11 is 0. The van der Waals surface area contributed by atoms with Crippen LogP contribution in [0.3, 0.4) is 0 Å². The minimum Gasteiger partial charge on any atom is -0.507 e. The third-order valence-electron chi connectivity index (χ3n) is 3.41. The van der Waals surface area contributed by atoms with E-state index < -0.39 is 8.38 Å². The van der Waals surface area contributed by atoms with Gasteiger partial charge in [-0.1, -0.05) is 41.5 Å². The Hall–Kier alpha value is -0.630. The number of phenolic OH excluding ortho intramolecular Hbond substituents is 1. The fraction of sp³-hybridized carbons (Fsp3) is 0.667. The molecule has 1 rings (SSSR count). The van der Waals surface area contributed by atoms with Gasteiger partial charge in [0.1, 0.15) is 5.75 Å². The van der Waals surface area contributed by atoms with Gasteiger partial charge < -0.3 is 14.2 Å². The number of hydrogen-bond acceptors (Lipinski definition) is 3. The Kier molecular flexibility index (Phi) is 6.44. The summed E-state index contributed by atoms with van der Waals surface area (Å²) in [6, 6.07) is 4.09. The summed E-state index contributed by atoms with van der Waals surface area (Å²) in [6.45, 7) is 17.9. The van der Waals surface area contributed by atoms with Crippen LogP contribution < -0.4 is 5.30 Å². The van der Waals surface area contributed by atoms with E-state index in [1.165, 1.54) is 0 Å². The quantitative estimate of drug-likeness (QED) is 0.774. The van der Waals surface area contributed by atoms with E-state index >= 15 is 0 Å². The first-order valence-electron chi connectivity index (χ1n) is 7.96. The Balaban J connectivity index is 3.52. The molecule has 0 amide bonds. The molecule has 0 aromatic heterocycles. The maximum Gasteiger partial charge on any atom is 0.205 e. The van der Waals surface area contributed by atoms with Crippen LogP contribution in [-0.2, 0) is 19.9 Å². The monoisotopic (exact) mass is 326 g/mol. The van der Waals surface area contributed by atoms with Crippen LogP contribution in [-0.4, -0.2) is 18.3 Å². The fourth-order valence-corrected chi connectivity index (χ4v) is 3.60. The predicted octanol–water partition coefficient (Wildman–Crippen LogP) is 5.00. The minimum absolute atomic E-state index is 0.139. The van der Waals surface area contributed by atoms with Crippen LogP contribution in [0, 0.1) is 0 Å². The fourth-order valence-electron chi connectivity index (χ4n) is 2.29. The number of hydrogen-bond donors (Lipinski definition) is 1. The van der Waals surface area contributed by atoms with Crippen LogP contribution in [0.25, 0.3) is 0 Å². The summed E-state index contributed by atoms with van der Waals surface area (Å²) in [4.78, 5) is 0. The van der Waals surface area contributed by atoms with E-state index in [1.54, 1.807) is 0 Å². The lowest BCUT2D eigenvalue weighted by atomic mass is 9.79. The van der Waals surface area contributed by atoms with E-state index in [2.05, 4.69) is 41.5 Å². The molecule has 0 saturated heterocycles. The molecule has 0 heterocycles. The highest BCUT2D eigenvalue weighted by molar-refractivity contribution is 7.56. The van der Waals surface area contributed by atoms with Crippen LogP contribution >= 0.6 is 8.38 Å². The molecule has 126 valence electrons. The Morgan fingerprint density at radius 3 is 1.50 bits per heavy atom. The first kappa shape index (κ1) is 19.4. The van der Waals surface area contributed by atoms with Gasteiger partial charge in [-0.3, -0.25) is 0 Å². The SMILES string of the molecule is CCOP(OCC)c1cc(C(C)(C)C)c(O)c(C(C)(C)C)c1. The molecule has 3 nitrogen and oxygen atoms in total. The molecule has 0 atom stereocenters. The summed E-state index contributed by atoms with van der Waals surface area (Å²) in [7, 11) is -1.11. The number of phenols is 1. The van der Waals surface area contributed by atoms with E-state index in [1.807, 2.05) is 26.0 Å². The van der Waals surface area contributed by atoms with Crippen molar-refractivity contribution in [2.45, 2.75) is 66.2 Å². The molecule has 0 spiro atoms. The van der Waals surface area contributed by atoms with Gasteiger partial charge in [-0.2, -0.15) is 0 Å². The topological polar surface area (TPSA) is 38.7 Å². The van der Waals surface area contributed by atoms with Crippen molar-refractivity contribution in [2.24, 2.45) is 0 Å². The second-order valence-electron chi connectivity index (χ2n) is 7.48. The Morgan fingerprint density at radius 2 is 1.23 bits per heavy atom. The highest BCUT2D eigenvalue weighted by atomic mass is 31.2. The molecule has 1 aromatic carbocycles. The third-order valence-corrected chi connectivity index (χ3v) is 5.08. The molecule has 0 unspecified atom stereocenters. The third kappa shape index (κ3) is 4.68. The normalized spacial score (nSPS) is 13.0. The summed E-state index contributed by atoms with van der Waals surface area (Å²) in [5.41, 5.74) is 1.61. The Morgan fingerprint density at radius 1 is 0.864 bits per heavy atom. The summed E-state index contributed by atoms with van der Waals surface area (Å²) in [5, 5.41) is 11.8. The van der Waals surface area contributed by atoms with Crippen molar-refractivity contribution in [3.63, 3.8) is 0 Å². The summed E-state index contributed by atoms with van der Waals surface area (Å²) in [5.74, 6) is 0.395. The lowest BCUT2D eigenvalue weighted by Gasteiger charge is -2.29. The number of rotatable bonds is 5. The molecule has 0 fully saturated rings. The van der Waals surface area contributed by atoms with E-state index in [0.29, 0.717) is 19.0 Å². The molecular formula is C18H31O3P. The highest BCUT2D eigenvalue weighted by Gasteiger charge is 2.28. The van der Waals surface area contributed by atoms with Gasteiger partial charge in [-0.05, 0) is 36.8 Å². The second kappa shape index (κ2) is 7.29. The van der Waals surface area contributed by atoms with Gasteiger partial charge in [0.2, 0.25) is 8.38 Å². The van der Waals surface area contributed by atoms with Crippen molar-refractivity contribution in [2.75, 3.05) is 13.2 Å². The largest absolute Gasteiger partial charge is 0.507 e. The number of aromatic hydroxyl groups is 1. The molecule has 4 heteroatoms. The van der Waals surface area contributed by atoms with Crippen molar-refractivity contribution in [3.05, 3.63) is 23.3 Å². The highest BCUT2D eigenvalue weighted by Crippen LogP contribution is 2.43. The van der Waals surface area contributed by atoms with Crippen molar-refractivity contribution < 1.29 is 14.2 Å². The molecule has 0 saturated carbocycles. The average Bonchev–Trinajstić information content (AvgIpc) is 2.36. The van der Waals surface area contributed by atoms with Gasteiger partial charge in [0.25, 0.3) is 0 Å². The first-order chi connectivity index (χ1) is 10.0. The zero-order chi connectivity index (χ0) is 17.1. The minimum atomic E-state index is -1.11. The molecule has 22 heavy (non-hydrogen) atoms. The average molecular weight is 326 g/mol. The van der Waals surface area contributed by atoms with Crippen molar-refractivity contribution in [1.29, 1.82) is 0 Å². The van der Waals surface area contributed by atoms with Crippen LogP contribution in [0.1, 0.15) is 66.5 Å². The second-order valence-corrected chi connectivity index (χ2v) is 9.03. The predicted molar refractivity (Wildman–Crippen MR) is 95.3 cm³/mol. The Bertz CT molecular complexity index is 457. The van der Waals surface area contributed by atoms with Crippen LogP contribution in [0.4, 0.5) is 0 Å². The van der Waals surface area contributed by atoms with Gasteiger partial charge >= 0.3 is 0 Å². The summed E-state index contributed by atoms with van der Waals surface area (Å²) in [6.07, 6.45) is 0. The standard InChI is InChI=1S/C18H31O3P/c1-9-20-22(21-10-2)13-11-14(17(3,4)5)16(19)15(12-13)18(6,7)8/h11-12,19H,9-10H2,1-8H3. The van der Waals surface area contributed by atoms with Gasteiger partial charge in [0.15, 0.2) is 0 Å². The van der Waals surface area contributed by atoms with E-state index in [-0.39, 0.29) is 10.8 Å². The van der Waals surface area contributed by atoms with Crippen molar-refractivity contribution >= 4 is 13.7 Å². The molecule has 1 aromatic rings. The lowest BCUT2D eigenvalue weighted by Crippen LogP contribution is -2.21. The Labute approximate surface area is 137 Å². The van der Waals surface area contributed by atoms with Gasteiger partial charge in [-0.15, -0.1) is 0 Å². The number of benzene rings is 1. The lowest BCUT2D eigenvalue weighted by molar-refractivity contribution is 0.277. The molecule has 0 aliphatic heterocycles. The van der Waals surface area contributed by atoms with Gasteiger partial charge in [0.05, 0.1) is 13.2 Å².